The number of methoxy groups -OCH3 is 1. The van der Waals surface area contributed by atoms with Crippen LogP contribution in [-0.4, -0.2) is 25.5 Å². The number of halogens is 2. The van der Waals surface area contributed by atoms with Crippen molar-refractivity contribution >= 4 is 23.5 Å². The normalized spacial score (nSPS) is 10.4. The molecule has 3 rings (SSSR count). The molecule has 0 atom stereocenters. The summed E-state index contributed by atoms with van der Waals surface area (Å²) in [4.78, 5) is 23.6. The Morgan fingerprint density at radius 2 is 1.65 bits per heavy atom. The van der Waals surface area contributed by atoms with Crippen molar-refractivity contribution in [2.45, 2.75) is 12.8 Å². The zero-order valence-corrected chi connectivity index (χ0v) is 17.6. The molecule has 1 N–H and O–H groups in total. The van der Waals surface area contributed by atoms with Gasteiger partial charge in [-0.3, -0.25) is 9.59 Å². The summed E-state index contributed by atoms with van der Waals surface area (Å²) in [5.74, 6) is -0.842. The van der Waals surface area contributed by atoms with E-state index in [4.69, 9.17) is 16.3 Å². The van der Waals surface area contributed by atoms with Crippen molar-refractivity contribution < 1.29 is 23.5 Å². The Bertz CT molecular complexity index is 1050. The molecule has 0 spiro atoms. The maximum Gasteiger partial charge on any atom is 0.309 e. The number of rotatable bonds is 8. The van der Waals surface area contributed by atoms with E-state index in [2.05, 4.69) is 10.1 Å². The molecule has 5 nitrogen and oxygen atoms in total. The van der Waals surface area contributed by atoms with E-state index in [0.29, 0.717) is 34.9 Å². The van der Waals surface area contributed by atoms with Crippen LogP contribution in [0.4, 0.5) is 4.39 Å². The highest BCUT2D eigenvalue weighted by Crippen LogP contribution is 2.25. The first kappa shape index (κ1) is 22.3. The van der Waals surface area contributed by atoms with Crippen LogP contribution in [0.25, 0.3) is 0 Å². The zero-order valence-electron chi connectivity index (χ0n) is 16.9. The molecule has 0 bridgehead atoms. The van der Waals surface area contributed by atoms with Crippen LogP contribution >= 0.6 is 11.6 Å². The maximum absolute atomic E-state index is 14.3. The van der Waals surface area contributed by atoms with Gasteiger partial charge in [-0.25, -0.2) is 4.39 Å². The van der Waals surface area contributed by atoms with Gasteiger partial charge in [0, 0.05) is 17.1 Å². The van der Waals surface area contributed by atoms with Gasteiger partial charge < -0.3 is 14.8 Å². The number of hydrogen-bond donors (Lipinski definition) is 1. The molecule has 1 amide bonds. The summed E-state index contributed by atoms with van der Waals surface area (Å²) >= 11 is 5.86. The highest BCUT2D eigenvalue weighted by molar-refractivity contribution is 6.30. The Morgan fingerprint density at radius 3 is 2.29 bits per heavy atom. The van der Waals surface area contributed by atoms with E-state index < -0.39 is 11.8 Å². The van der Waals surface area contributed by atoms with Crippen LogP contribution in [0.15, 0.2) is 66.7 Å². The first-order valence-electron chi connectivity index (χ1n) is 9.60. The molecular formula is C24H21ClFNO4. The molecule has 0 radical (unpaired) electrons. The number of nitrogens with one attached hydrogen (secondary N) is 1. The van der Waals surface area contributed by atoms with Gasteiger partial charge >= 0.3 is 5.97 Å². The lowest BCUT2D eigenvalue weighted by molar-refractivity contribution is -0.139. The van der Waals surface area contributed by atoms with Gasteiger partial charge in [-0.15, -0.1) is 0 Å². The van der Waals surface area contributed by atoms with Gasteiger partial charge in [-0.05, 0) is 66.1 Å². The Kier molecular flexibility index (Phi) is 7.62. The van der Waals surface area contributed by atoms with Crippen LogP contribution in [0.1, 0.15) is 21.5 Å². The first-order chi connectivity index (χ1) is 14.9. The Hall–Kier alpha value is -3.38. The molecule has 7 heteroatoms. The largest absolute Gasteiger partial charge is 0.469 e. The summed E-state index contributed by atoms with van der Waals surface area (Å²) in [6.07, 6.45) is 0.672. The second kappa shape index (κ2) is 10.6. The molecule has 0 heterocycles. The fraction of sp³-hybridized carbons (Fsp3) is 0.167. The zero-order chi connectivity index (χ0) is 22.2. The van der Waals surface area contributed by atoms with E-state index >= 15 is 0 Å². The number of carbonyl (C=O) groups is 2. The Labute approximate surface area is 184 Å². The topological polar surface area (TPSA) is 64.6 Å². The molecular weight excluding hydrogens is 421 g/mol. The predicted octanol–water partition coefficient (Wildman–Crippen LogP) is 4.96. The fourth-order valence-corrected chi connectivity index (χ4v) is 2.98. The molecule has 0 aliphatic heterocycles. The number of amides is 1. The predicted molar refractivity (Wildman–Crippen MR) is 116 cm³/mol. The highest BCUT2D eigenvalue weighted by atomic mass is 35.5. The lowest BCUT2D eigenvalue weighted by Crippen LogP contribution is -2.25. The van der Waals surface area contributed by atoms with Gasteiger partial charge in [-0.1, -0.05) is 29.8 Å². The fourth-order valence-electron chi connectivity index (χ4n) is 2.85. The van der Waals surface area contributed by atoms with E-state index in [1.54, 1.807) is 30.3 Å². The van der Waals surface area contributed by atoms with Crippen LogP contribution in [0.2, 0.25) is 5.02 Å². The molecule has 0 unspecified atom stereocenters. The third-order valence-electron chi connectivity index (χ3n) is 4.53. The van der Waals surface area contributed by atoms with Crippen LogP contribution in [0.3, 0.4) is 0 Å². The molecule has 0 saturated heterocycles. The van der Waals surface area contributed by atoms with Gasteiger partial charge in [0.15, 0.2) is 11.6 Å². The molecule has 160 valence electrons. The van der Waals surface area contributed by atoms with Crippen LogP contribution in [-0.2, 0) is 22.4 Å². The quantitative estimate of drug-likeness (QED) is 0.502. The van der Waals surface area contributed by atoms with Crippen molar-refractivity contribution in [3.63, 3.8) is 0 Å². The summed E-state index contributed by atoms with van der Waals surface area (Å²) in [5.41, 5.74) is 2.03. The molecule has 0 saturated carbocycles. The average molecular weight is 442 g/mol. The molecule has 0 aliphatic rings. The average Bonchev–Trinajstić information content (AvgIpc) is 2.77. The monoisotopic (exact) mass is 441 g/mol. The third kappa shape index (κ3) is 6.55. The minimum absolute atomic E-state index is 0.0183. The summed E-state index contributed by atoms with van der Waals surface area (Å²) in [6, 6.07) is 18.1. The summed E-state index contributed by atoms with van der Waals surface area (Å²) in [5, 5.41) is 3.53. The number of esters is 1. The van der Waals surface area contributed by atoms with Crippen LogP contribution < -0.4 is 10.1 Å². The molecule has 3 aromatic carbocycles. The summed E-state index contributed by atoms with van der Waals surface area (Å²) in [6.45, 7) is 0.488. The lowest BCUT2D eigenvalue weighted by Gasteiger charge is -2.09. The van der Waals surface area contributed by atoms with Crippen LogP contribution in [0, 0.1) is 5.82 Å². The molecule has 31 heavy (non-hydrogen) atoms. The SMILES string of the molecule is COC(=O)Cc1ccc(Oc2ccc(C(=O)NCCc3ccc(Cl)cc3)cc2)c(F)c1. The van der Waals surface area contributed by atoms with Gasteiger partial charge in [0.05, 0.1) is 13.5 Å². The third-order valence-corrected chi connectivity index (χ3v) is 4.78. The van der Waals surface area contributed by atoms with Gasteiger partial charge in [0.25, 0.3) is 5.91 Å². The van der Waals surface area contributed by atoms with Gasteiger partial charge in [-0.2, -0.15) is 0 Å². The van der Waals surface area contributed by atoms with Crippen molar-refractivity contribution in [2.24, 2.45) is 0 Å². The number of benzene rings is 3. The number of hydrogen-bond acceptors (Lipinski definition) is 4. The second-order valence-electron chi connectivity index (χ2n) is 6.78. The van der Waals surface area contributed by atoms with Gasteiger partial charge in [0.2, 0.25) is 0 Å². The van der Waals surface area contributed by atoms with Crippen molar-refractivity contribution in [1.29, 1.82) is 0 Å². The highest BCUT2D eigenvalue weighted by Gasteiger charge is 2.10. The van der Waals surface area contributed by atoms with E-state index in [1.165, 1.54) is 19.2 Å². The Balaban J connectivity index is 1.54. The molecule has 0 fully saturated rings. The van der Waals surface area contributed by atoms with E-state index in [1.807, 2.05) is 24.3 Å². The van der Waals surface area contributed by atoms with E-state index in [9.17, 15) is 14.0 Å². The number of ether oxygens (including phenoxy) is 2. The van der Waals surface area contributed by atoms with Crippen molar-refractivity contribution in [3.8, 4) is 11.5 Å². The van der Waals surface area contributed by atoms with Gasteiger partial charge in [0.1, 0.15) is 5.75 Å². The van der Waals surface area contributed by atoms with Crippen LogP contribution in [0.5, 0.6) is 11.5 Å². The van der Waals surface area contributed by atoms with E-state index in [-0.39, 0.29) is 18.1 Å². The lowest BCUT2D eigenvalue weighted by atomic mass is 10.1. The smallest absolute Gasteiger partial charge is 0.309 e. The minimum atomic E-state index is -0.592. The van der Waals surface area contributed by atoms with E-state index in [0.717, 1.165) is 5.56 Å². The maximum atomic E-state index is 14.3. The minimum Gasteiger partial charge on any atom is -0.469 e. The van der Waals surface area contributed by atoms with Crippen molar-refractivity contribution in [2.75, 3.05) is 13.7 Å². The van der Waals surface area contributed by atoms with Crippen molar-refractivity contribution in [1.82, 2.24) is 5.32 Å². The molecule has 0 aliphatic carbocycles. The standard InChI is InChI=1S/C24H21ClFNO4/c1-30-23(28)15-17-4-11-22(21(26)14-17)31-20-9-5-18(6-10-20)24(29)27-13-12-16-2-7-19(25)8-3-16/h2-11,14H,12-13,15H2,1H3,(H,27,29). The first-order valence-corrected chi connectivity index (χ1v) is 9.98. The summed E-state index contributed by atoms with van der Waals surface area (Å²) < 4.78 is 24.4. The molecule has 0 aromatic heterocycles. The molecule has 3 aromatic rings. The Morgan fingerprint density at radius 1 is 0.968 bits per heavy atom. The second-order valence-corrected chi connectivity index (χ2v) is 7.21. The summed E-state index contributed by atoms with van der Waals surface area (Å²) in [7, 11) is 1.28. The number of carbonyl (C=O) groups excluding carboxylic acids is 2. The van der Waals surface area contributed by atoms with Crippen molar-refractivity contribution in [3.05, 3.63) is 94.3 Å².